The van der Waals surface area contributed by atoms with E-state index in [4.69, 9.17) is 0 Å². The summed E-state index contributed by atoms with van der Waals surface area (Å²) >= 11 is 0. The fourth-order valence-corrected chi connectivity index (χ4v) is 1.29. The van der Waals surface area contributed by atoms with Crippen LogP contribution in [0.25, 0.3) is 0 Å². The van der Waals surface area contributed by atoms with E-state index < -0.39 is 22.9 Å². The monoisotopic (exact) mass is 274 g/mol. The molecule has 0 saturated carbocycles. The lowest BCUT2D eigenvalue weighted by molar-refractivity contribution is -0.134. The Morgan fingerprint density at radius 2 is 1.63 bits per heavy atom. The molecule has 0 fully saturated rings. The lowest BCUT2D eigenvalue weighted by Gasteiger charge is -2.31. The van der Waals surface area contributed by atoms with Crippen LogP contribution in [-0.4, -0.2) is 46.8 Å². The maximum absolute atomic E-state index is 11.9. The zero-order chi connectivity index (χ0) is 15.3. The molecule has 1 atom stereocenters. The van der Waals surface area contributed by atoms with Gasteiger partial charge in [-0.05, 0) is 13.3 Å². The van der Waals surface area contributed by atoms with Crippen molar-refractivity contribution >= 4 is 11.8 Å². The SMILES string of the molecule is CCC(CO)(CO)NC(=O)C(C)NC(=O)C(C)(C)C. The molecule has 0 saturated heterocycles. The predicted octanol–water partition coefficient (Wildman–Crippen LogP) is -0.213. The number of hydrogen-bond donors (Lipinski definition) is 4. The maximum Gasteiger partial charge on any atom is 0.242 e. The van der Waals surface area contributed by atoms with Crippen molar-refractivity contribution in [3.05, 3.63) is 0 Å². The van der Waals surface area contributed by atoms with Gasteiger partial charge < -0.3 is 20.8 Å². The molecule has 112 valence electrons. The van der Waals surface area contributed by atoms with Crippen molar-refractivity contribution in [3.8, 4) is 0 Å². The van der Waals surface area contributed by atoms with Crippen LogP contribution in [0.2, 0.25) is 0 Å². The highest BCUT2D eigenvalue weighted by molar-refractivity contribution is 5.89. The summed E-state index contributed by atoms with van der Waals surface area (Å²) in [6.07, 6.45) is 0.395. The van der Waals surface area contributed by atoms with Gasteiger partial charge in [0, 0.05) is 5.41 Å². The molecule has 19 heavy (non-hydrogen) atoms. The van der Waals surface area contributed by atoms with Crippen molar-refractivity contribution in [2.75, 3.05) is 13.2 Å². The molecular weight excluding hydrogens is 248 g/mol. The average molecular weight is 274 g/mol. The molecule has 0 spiro atoms. The molecule has 0 aliphatic carbocycles. The van der Waals surface area contributed by atoms with Crippen LogP contribution in [0.5, 0.6) is 0 Å². The third-order valence-corrected chi connectivity index (χ3v) is 3.09. The highest BCUT2D eigenvalue weighted by Gasteiger charge is 2.31. The number of nitrogens with one attached hydrogen (secondary N) is 2. The largest absolute Gasteiger partial charge is 0.394 e. The molecule has 0 aliphatic heterocycles. The minimum Gasteiger partial charge on any atom is -0.394 e. The van der Waals surface area contributed by atoms with Crippen molar-refractivity contribution in [1.82, 2.24) is 10.6 Å². The average Bonchev–Trinajstić information content (AvgIpc) is 2.34. The van der Waals surface area contributed by atoms with Crippen LogP contribution in [0.4, 0.5) is 0 Å². The summed E-state index contributed by atoms with van der Waals surface area (Å²) in [5.41, 5.74) is -1.62. The predicted molar refractivity (Wildman–Crippen MR) is 72.4 cm³/mol. The molecule has 1 unspecified atom stereocenters. The first-order valence-electron chi connectivity index (χ1n) is 6.46. The van der Waals surface area contributed by atoms with Crippen LogP contribution >= 0.6 is 0 Å². The molecule has 0 aliphatic rings. The number of hydrogen-bond acceptors (Lipinski definition) is 4. The molecular formula is C13H26N2O4. The number of aliphatic hydroxyl groups is 2. The lowest BCUT2D eigenvalue weighted by Crippen LogP contribution is -2.59. The summed E-state index contributed by atoms with van der Waals surface area (Å²) in [5, 5.41) is 23.7. The number of aliphatic hydroxyl groups excluding tert-OH is 2. The fourth-order valence-electron chi connectivity index (χ4n) is 1.29. The van der Waals surface area contributed by atoms with Gasteiger partial charge >= 0.3 is 0 Å². The zero-order valence-electron chi connectivity index (χ0n) is 12.4. The molecule has 0 aromatic rings. The Morgan fingerprint density at radius 1 is 1.16 bits per heavy atom. The van der Waals surface area contributed by atoms with Crippen molar-refractivity contribution < 1.29 is 19.8 Å². The molecule has 6 heteroatoms. The van der Waals surface area contributed by atoms with Gasteiger partial charge in [-0.1, -0.05) is 27.7 Å². The van der Waals surface area contributed by atoms with Gasteiger partial charge in [-0.3, -0.25) is 9.59 Å². The second kappa shape index (κ2) is 6.86. The first-order chi connectivity index (χ1) is 8.61. The van der Waals surface area contributed by atoms with Gasteiger partial charge in [0.25, 0.3) is 0 Å². The van der Waals surface area contributed by atoms with E-state index in [0.717, 1.165) is 0 Å². The van der Waals surface area contributed by atoms with Gasteiger partial charge in [0.2, 0.25) is 11.8 Å². The molecule has 0 aromatic heterocycles. The van der Waals surface area contributed by atoms with Gasteiger partial charge in [0.1, 0.15) is 6.04 Å². The Labute approximate surface area is 114 Å². The minimum atomic E-state index is -1.04. The Balaban J connectivity index is 4.63. The molecule has 0 bridgehead atoms. The van der Waals surface area contributed by atoms with Crippen LogP contribution in [0.3, 0.4) is 0 Å². The van der Waals surface area contributed by atoms with Crippen LogP contribution in [-0.2, 0) is 9.59 Å². The highest BCUT2D eigenvalue weighted by atomic mass is 16.3. The normalized spacial score (nSPS) is 13.8. The topological polar surface area (TPSA) is 98.7 Å². The first-order valence-corrected chi connectivity index (χ1v) is 6.46. The summed E-state index contributed by atoms with van der Waals surface area (Å²) in [5.74, 6) is -0.659. The summed E-state index contributed by atoms with van der Waals surface area (Å²) in [6.45, 7) is 7.87. The number of carbonyl (C=O) groups is 2. The summed E-state index contributed by atoms with van der Waals surface area (Å²) in [6, 6.07) is -0.726. The van der Waals surface area contributed by atoms with Gasteiger partial charge in [-0.15, -0.1) is 0 Å². The molecule has 0 radical (unpaired) electrons. The Bertz CT molecular complexity index is 311. The first kappa shape index (κ1) is 17.9. The van der Waals surface area contributed by atoms with Crippen LogP contribution in [0.15, 0.2) is 0 Å². The summed E-state index contributed by atoms with van der Waals surface area (Å²) < 4.78 is 0. The van der Waals surface area contributed by atoms with E-state index in [1.807, 2.05) is 0 Å². The standard InChI is InChI=1S/C13H26N2O4/c1-6-13(7-16,8-17)15-10(18)9(2)14-11(19)12(3,4)5/h9,16-17H,6-8H2,1-5H3,(H,14,19)(H,15,18). The number of rotatable bonds is 6. The fraction of sp³-hybridized carbons (Fsp3) is 0.846. The van der Waals surface area contributed by atoms with Crippen molar-refractivity contribution in [2.45, 2.75) is 52.6 Å². The smallest absolute Gasteiger partial charge is 0.242 e. The number of amides is 2. The number of carbonyl (C=O) groups excluding carboxylic acids is 2. The van der Waals surface area contributed by atoms with Crippen LogP contribution in [0.1, 0.15) is 41.0 Å². The maximum atomic E-state index is 11.9. The van der Waals surface area contributed by atoms with Crippen molar-refractivity contribution in [1.29, 1.82) is 0 Å². The van der Waals surface area contributed by atoms with Crippen LogP contribution in [0, 0.1) is 5.41 Å². The second-order valence-corrected chi connectivity index (χ2v) is 5.88. The van der Waals surface area contributed by atoms with E-state index in [0.29, 0.717) is 6.42 Å². The Morgan fingerprint density at radius 3 is 1.95 bits per heavy atom. The molecule has 6 nitrogen and oxygen atoms in total. The lowest BCUT2D eigenvalue weighted by atomic mass is 9.95. The third-order valence-electron chi connectivity index (χ3n) is 3.09. The second-order valence-electron chi connectivity index (χ2n) is 5.88. The van der Waals surface area contributed by atoms with Gasteiger partial charge in [0.05, 0.1) is 18.8 Å². The van der Waals surface area contributed by atoms with Gasteiger partial charge in [-0.2, -0.15) is 0 Å². The molecule has 4 N–H and O–H groups in total. The molecule has 0 heterocycles. The highest BCUT2D eigenvalue weighted by Crippen LogP contribution is 2.13. The van der Waals surface area contributed by atoms with E-state index in [1.54, 1.807) is 34.6 Å². The van der Waals surface area contributed by atoms with E-state index in [1.165, 1.54) is 0 Å². The molecule has 0 rings (SSSR count). The van der Waals surface area contributed by atoms with E-state index in [9.17, 15) is 19.8 Å². The van der Waals surface area contributed by atoms with E-state index in [2.05, 4.69) is 10.6 Å². The zero-order valence-corrected chi connectivity index (χ0v) is 12.4. The van der Waals surface area contributed by atoms with Gasteiger partial charge in [-0.25, -0.2) is 0 Å². The third kappa shape index (κ3) is 5.16. The van der Waals surface area contributed by atoms with Crippen molar-refractivity contribution in [3.63, 3.8) is 0 Å². The van der Waals surface area contributed by atoms with E-state index in [-0.39, 0.29) is 19.1 Å². The van der Waals surface area contributed by atoms with Gasteiger partial charge in [0.15, 0.2) is 0 Å². The molecule has 2 amide bonds. The quantitative estimate of drug-likeness (QED) is 0.538. The summed E-state index contributed by atoms with van der Waals surface area (Å²) in [7, 11) is 0. The summed E-state index contributed by atoms with van der Waals surface area (Å²) in [4.78, 5) is 23.7. The van der Waals surface area contributed by atoms with E-state index >= 15 is 0 Å². The Hall–Kier alpha value is -1.14. The Kier molecular flexibility index (Phi) is 6.45. The van der Waals surface area contributed by atoms with Crippen LogP contribution < -0.4 is 10.6 Å². The van der Waals surface area contributed by atoms with Crippen molar-refractivity contribution in [2.24, 2.45) is 5.41 Å². The minimum absolute atomic E-state index is 0.231. The molecule has 0 aromatic carbocycles.